The van der Waals surface area contributed by atoms with E-state index in [1.165, 1.54) is 57.2 Å². The van der Waals surface area contributed by atoms with E-state index in [-0.39, 0.29) is 18.3 Å². The topological polar surface area (TPSA) is 37.3 Å². The molecule has 1 amide bonds. The Morgan fingerprint density at radius 1 is 1.00 bits per heavy atom. The maximum absolute atomic E-state index is 13.4. The first-order chi connectivity index (χ1) is 15.7. The molecule has 1 saturated carbocycles. The zero-order chi connectivity index (χ0) is 21.9. The van der Waals surface area contributed by atoms with E-state index in [0.717, 1.165) is 40.5 Å². The van der Waals surface area contributed by atoms with Crippen molar-refractivity contribution in [3.8, 4) is 11.1 Å². The highest BCUT2D eigenvalue weighted by molar-refractivity contribution is 5.95. The zero-order valence-electron chi connectivity index (χ0n) is 18.6. The highest BCUT2D eigenvalue weighted by Gasteiger charge is 2.32. The van der Waals surface area contributed by atoms with Crippen molar-refractivity contribution in [2.24, 2.45) is 5.92 Å². The first-order valence-corrected chi connectivity index (χ1v) is 12.0. The van der Waals surface area contributed by atoms with Crippen LogP contribution in [0.5, 0.6) is 0 Å². The van der Waals surface area contributed by atoms with Crippen LogP contribution in [0.25, 0.3) is 22.0 Å². The summed E-state index contributed by atoms with van der Waals surface area (Å²) in [7, 11) is 0. The number of likely N-dealkylation sites (tertiary alicyclic amines) is 1. The highest BCUT2D eigenvalue weighted by atomic mass is 19.1. The predicted molar refractivity (Wildman–Crippen MR) is 127 cm³/mol. The van der Waals surface area contributed by atoms with Crippen molar-refractivity contribution in [3.63, 3.8) is 0 Å². The van der Waals surface area contributed by atoms with E-state index in [4.69, 9.17) is 0 Å². The van der Waals surface area contributed by atoms with E-state index in [1.807, 2.05) is 35.0 Å². The largest absolute Gasteiger partial charge is 0.353 e. The first-order valence-electron chi connectivity index (χ1n) is 12.0. The fraction of sp³-hybridized carbons (Fsp3) is 0.444. The van der Waals surface area contributed by atoms with Gasteiger partial charge in [-0.25, -0.2) is 4.39 Å². The Bertz CT molecular complexity index is 1070. The van der Waals surface area contributed by atoms with Gasteiger partial charge in [-0.15, -0.1) is 0 Å². The van der Waals surface area contributed by atoms with E-state index in [9.17, 15) is 9.18 Å². The standard InChI is InChI=1S/C27H32FN3O/c28-23-12-10-20(11-13-23)24-8-3-6-22-14-17-31(27(22)24)19-26(32)29-15-18-30-16-4-7-21-5-1-2-9-25(21)30/h3,6,8,10-14,17,21,25H,1-2,4-5,7,9,15-16,18-19H2,(H,29,32). The van der Waals surface area contributed by atoms with Crippen molar-refractivity contribution >= 4 is 16.8 Å². The molecule has 2 atom stereocenters. The van der Waals surface area contributed by atoms with E-state index in [2.05, 4.69) is 10.2 Å². The summed E-state index contributed by atoms with van der Waals surface area (Å²) >= 11 is 0. The molecule has 32 heavy (non-hydrogen) atoms. The second-order valence-electron chi connectivity index (χ2n) is 9.33. The predicted octanol–water partition coefficient (Wildman–Crippen LogP) is 5.22. The van der Waals surface area contributed by atoms with Gasteiger partial charge in [0, 0.05) is 36.3 Å². The van der Waals surface area contributed by atoms with Crippen LogP contribution < -0.4 is 5.32 Å². The number of halogens is 1. The molecule has 1 saturated heterocycles. The number of nitrogens with zero attached hydrogens (tertiary/aromatic N) is 2. The quantitative estimate of drug-likeness (QED) is 0.579. The molecule has 4 nitrogen and oxygen atoms in total. The minimum Gasteiger partial charge on any atom is -0.353 e. The van der Waals surface area contributed by atoms with Crippen molar-refractivity contribution in [3.05, 3.63) is 60.5 Å². The molecule has 168 valence electrons. The molecule has 0 radical (unpaired) electrons. The Kier molecular flexibility index (Phi) is 6.26. The van der Waals surface area contributed by atoms with Crippen molar-refractivity contribution in [1.82, 2.24) is 14.8 Å². The van der Waals surface area contributed by atoms with Gasteiger partial charge in [0.1, 0.15) is 12.4 Å². The Balaban J connectivity index is 1.24. The molecule has 2 aliphatic rings. The van der Waals surface area contributed by atoms with Gasteiger partial charge in [-0.1, -0.05) is 43.2 Å². The first kappa shape index (κ1) is 21.2. The van der Waals surface area contributed by atoms with Crippen LogP contribution >= 0.6 is 0 Å². The smallest absolute Gasteiger partial charge is 0.239 e. The Hall–Kier alpha value is -2.66. The van der Waals surface area contributed by atoms with Gasteiger partial charge < -0.3 is 9.88 Å². The summed E-state index contributed by atoms with van der Waals surface area (Å²) in [5.41, 5.74) is 2.97. The van der Waals surface area contributed by atoms with E-state index in [0.29, 0.717) is 6.54 Å². The maximum Gasteiger partial charge on any atom is 0.239 e. The molecule has 1 aliphatic heterocycles. The van der Waals surface area contributed by atoms with Gasteiger partial charge >= 0.3 is 0 Å². The summed E-state index contributed by atoms with van der Waals surface area (Å²) in [5.74, 6) is 0.655. The van der Waals surface area contributed by atoms with Crippen LogP contribution in [0.2, 0.25) is 0 Å². The van der Waals surface area contributed by atoms with Crippen molar-refractivity contribution in [2.45, 2.75) is 51.1 Å². The second-order valence-corrected chi connectivity index (χ2v) is 9.33. The second kappa shape index (κ2) is 9.45. The lowest BCUT2D eigenvalue weighted by atomic mass is 9.78. The molecule has 1 aromatic heterocycles. The van der Waals surface area contributed by atoms with Crippen molar-refractivity contribution < 1.29 is 9.18 Å². The number of hydrogen-bond donors (Lipinski definition) is 1. The number of fused-ring (bicyclic) bond motifs is 2. The lowest BCUT2D eigenvalue weighted by Gasteiger charge is -2.44. The average Bonchev–Trinajstić information content (AvgIpc) is 3.23. The lowest BCUT2D eigenvalue weighted by Crippen LogP contribution is -2.49. The summed E-state index contributed by atoms with van der Waals surface area (Å²) in [4.78, 5) is 15.4. The average molecular weight is 434 g/mol. The lowest BCUT2D eigenvalue weighted by molar-refractivity contribution is -0.121. The molecule has 2 unspecified atom stereocenters. The summed E-state index contributed by atoms with van der Waals surface area (Å²) in [6.07, 6.45) is 10.1. The summed E-state index contributed by atoms with van der Waals surface area (Å²) in [5, 5.41) is 4.22. The molecular formula is C27H32FN3O. The molecule has 5 heteroatoms. The van der Waals surface area contributed by atoms with Crippen LogP contribution in [0, 0.1) is 11.7 Å². The van der Waals surface area contributed by atoms with Crippen LogP contribution in [-0.4, -0.2) is 41.1 Å². The summed E-state index contributed by atoms with van der Waals surface area (Å²) in [6, 6.07) is 15.4. The van der Waals surface area contributed by atoms with Gasteiger partial charge in [-0.3, -0.25) is 9.69 Å². The van der Waals surface area contributed by atoms with Crippen LogP contribution in [0.15, 0.2) is 54.7 Å². The molecule has 2 aromatic carbocycles. The van der Waals surface area contributed by atoms with Gasteiger partial charge in [-0.05, 0) is 61.9 Å². The van der Waals surface area contributed by atoms with Gasteiger partial charge in [0.2, 0.25) is 5.91 Å². The SMILES string of the molecule is O=C(Cn1ccc2cccc(-c3ccc(F)cc3)c21)NCCN1CCCC2CCCCC21. The molecule has 1 N–H and O–H groups in total. The number of benzene rings is 2. The third-order valence-electron chi connectivity index (χ3n) is 7.34. The molecule has 0 spiro atoms. The van der Waals surface area contributed by atoms with Gasteiger partial charge in [0.25, 0.3) is 0 Å². The molecule has 5 rings (SSSR count). The fourth-order valence-electron chi connectivity index (χ4n) is 5.81. The molecule has 1 aliphatic carbocycles. The fourth-order valence-corrected chi connectivity index (χ4v) is 5.81. The van der Waals surface area contributed by atoms with E-state index >= 15 is 0 Å². The van der Waals surface area contributed by atoms with Crippen LogP contribution in [-0.2, 0) is 11.3 Å². The third kappa shape index (κ3) is 4.44. The number of aromatic nitrogens is 1. The number of amides is 1. The molecule has 2 heterocycles. The summed E-state index contributed by atoms with van der Waals surface area (Å²) < 4.78 is 15.4. The molecule has 2 fully saturated rings. The molecule has 0 bridgehead atoms. The number of hydrogen-bond acceptors (Lipinski definition) is 2. The maximum atomic E-state index is 13.4. The van der Waals surface area contributed by atoms with Gasteiger partial charge in [0.15, 0.2) is 0 Å². The minimum atomic E-state index is -0.246. The van der Waals surface area contributed by atoms with Crippen LogP contribution in [0.4, 0.5) is 4.39 Å². The van der Waals surface area contributed by atoms with Crippen LogP contribution in [0.3, 0.4) is 0 Å². The van der Waals surface area contributed by atoms with Crippen LogP contribution in [0.1, 0.15) is 38.5 Å². The Morgan fingerprint density at radius 2 is 1.81 bits per heavy atom. The number of para-hydroxylation sites is 1. The van der Waals surface area contributed by atoms with E-state index in [1.54, 1.807) is 12.1 Å². The van der Waals surface area contributed by atoms with E-state index < -0.39 is 0 Å². The molecular weight excluding hydrogens is 401 g/mol. The number of piperidine rings is 1. The monoisotopic (exact) mass is 433 g/mol. The number of carbonyl (C=O) groups excluding carboxylic acids is 1. The Labute approximate surface area is 189 Å². The minimum absolute atomic E-state index is 0.0358. The highest BCUT2D eigenvalue weighted by Crippen LogP contribution is 2.35. The molecule has 3 aromatic rings. The normalized spacial score (nSPS) is 21.4. The number of carbonyl (C=O) groups is 1. The Morgan fingerprint density at radius 3 is 2.69 bits per heavy atom. The summed E-state index contributed by atoms with van der Waals surface area (Å²) in [6.45, 7) is 3.10. The van der Waals surface area contributed by atoms with Gasteiger partial charge in [0.05, 0.1) is 5.52 Å². The van der Waals surface area contributed by atoms with Crippen molar-refractivity contribution in [1.29, 1.82) is 0 Å². The van der Waals surface area contributed by atoms with Gasteiger partial charge in [-0.2, -0.15) is 0 Å². The third-order valence-corrected chi connectivity index (χ3v) is 7.34. The number of nitrogens with one attached hydrogen (secondary N) is 1. The zero-order valence-corrected chi connectivity index (χ0v) is 18.6. The van der Waals surface area contributed by atoms with Crippen molar-refractivity contribution in [2.75, 3.05) is 19.6 Å². The number of rotatable bonds is 6.